The Hall–Kier alpha value is -0.570. The highest BCUT2D eigenvalue weighted by Gasteiger charge is 2.25. The molecule has 3 unspecified atom stereocenters. The lowest BCUT2D eigenvalue weighted by Crippen LogP contribution is -2.45. The van der Waals surface area contributed by atoms with Gasteiger partial charge < -0.3 is 10.6 Å². The summed E-state index contributed by atoms with van der Waals surface area (Å²) in [5.41, 5.74) is 0. The van der Waals surface area contributed by atoms with Gasteiger partial charge in [0.25, 0.3) is 0 Å². The van der Waals surface area contributed by atoms with Crippen LogP contribution in [0.25, 0.3) is 0 Å². The number of carbonyl (C=O) groups excluding carboxylic acids is 1. The largest absolute Gasteiger partial charge is 0.353 e. The Labute approximate surface area is 99.4 Å². The highest BCUT2D eigenvalue weighted by atomic mass is 16.1. The summed E-state index contributed by atoms with van der Waals surface area (Å²) >= 11 is 0. The summed E-state index contributed by atoms with van der Waals surface area (Å²) in [6, 6.07) is 0.296. The van der Waals surface area contributed by atoms with Crippen molar-refractivity contribution in [1.29, 1.82) is 0 Å². The molecule has 0 aromatic carbocycles. The fourth-order valence-electron chi connectivity index (χ4n) is 2.48. The standard InChI is InChI=1S/C13H26N2O/c1-9(2)5-11(4)15-13(16)12-6-10(3)7-14-8-12/h9-12,14H,5-8H2,1-4H3,(H,15,16). The maximum atomic E-state index is 12.0. The minimum atomic E-state index is 0.165. The number of hydrogen-bond donors (Lipinski definition) is 2. The van der Waals surface area contributed by atoms with Gasteiger partial charge in [-0.1, -0.05) is 20.8 Å². The van der Waals surface area contributed by atoms with Crippen molar-refractivity contribution >= 4 is 5.91 Å². The molecule has 3 atom stereocenters. The van der Waals surface area contributed by atoms with Crippen LogP contribution in [0.3, 0.4) is 0 Å². The van der Waals surface area contributed by atoms with Gasteiger partial charge in [0.15, 0.2) is 0 Å². The van der Waals surface area contributed by atoms with Crippen LogP contribution in [0, 0.1) is 17.8 Å². The second-order valence-corrected chi connectivity index (χ2v) is 5.74. The molecule has 94 valence electrons. The number of carbonyl (C=O) groups is 1. The second-order valence-electron chi connectivity index (χ2n) is 5.74. The molecular formula is C13H26N2O. The van der Waals surface area contributed by atoms with Crippen LogP contribution in [0.5, 0.6) is 0 Å². The molecule has 1 saturated heterocycles. The van der Waals surface area contributed by atoms with Crippen molar-refractivity contribution in [1.82, 2.24) is 10.6 Å². The third kappa shape index (κ3) is 4.52. The molecule has 0 saturated carbocycles. The molecule has 0 radical (unpaired) electrons. The van der Waals surface area contributed by atoms with Gasteiger partial charge in [-0.05, 0) is 38.1 Å². The predicted octanol–water partition coefficient (Wildman–Crippen LogP) is 1.78. The Morgan fingerprint density at radius 2 is 2.06 bits per heavy atom. The number of piperidine rings is 1. The van der Waals surface area contributed by atoms with Crippen molar-refractivity contribution in [2.75, 3.05) is 13.1 Å². The number of hydrogen-bond acceptors (Lipinski definition) is 2. The van der Waals surface area contributed by atoms with E-state index in [1.165, 1.54) is 0 Å². The maximum Gasteiger partial charge on any atom is 0.224 e. The van der Waals surface area contributed by atoms with Crippen LogP contribution in [0.15, 0.2) is 0 Å². The first-order chi connectivity index (χ1) is 7.49. The molecule has 0 aromatic rings. The molecule has 1 aliphatic heterocycles. The molecule has 1 heterocycles. The monoisotopic (exact) mass is 226 g/mol. The molecule has 1 aliphatic rings. The minimum absolute atomic E-state index is 0.165. The van der Waals surface area contributed by atoms with Gasteiger partial charge in [-0.15, -0.1) is 0 Å². The zero-order valence-corrected chi connectivity index (χ0v) is 11.0. The third-order valence-electron chi connectivity index (χ3n) is 3.15. The van der Waals surface area contributed by atoms with Crippen LogP contribution < -0.4 is 10.6 Å². The van der Waals surface area contributed by atoms with Gasteiger partial charge in [-0.3, -0.25) is 4.79 Å². The summed E-state index contributed by atoms with van der Waals surface area (Å²) in [5.74, 6) is 1.65. The Morgan fingerprint density at radius 1 is 1.38 bits per heavy atom. The van der Waals surface area contributed by atoms with Crippen molar-refractivity contribution in [2.24, 2.45) is 17.8 Å². The van der Waals surface area contributed by atoms with Crippen molar-refractivity contribution in [2.45, 2.75) is 46.6 Å². The molecule has 1 rings (SSSR count). The molecule has 0 bridgehead atoms. The highest BCUT2D eigenvalue weighted by molar-refractivity contribution is 5.79. The second kappa shape index (κ2) is 6.24. The summed E-state index contributed by atoms with van der Waals surface area (Å²) in [5, 5.41) is 6.44. The first kappa shape index (κ1) is 13.5. The quantitative estimate of drug-likeness (QED) is 0.767. The van der Waals surface area contributed by atoms with Gasteiger partial charge in [0.2, 0.25) is 5.91 Å². The van der Waals surface area contributed by atoms with Crippen LogP contribution in [-0.2, 0) is 4.79 Å². The fraction of sp³-hybridized carbons (Fsp3) is 0.923. The van der Waals surface area contributed by atoms with E-state index < -0.39 is 0 Å². The average molecular weight is 226 g/mol. The number of rotatable bonds is 4. The van der Waals surface area contributed by atoms with Crippen LogP contribution >= 0.6 is 0 Å². The maximum absolute atomic E-state index is 12.0. The van der Waals surface area contributed by atoms with Gasteiger partial charge >= 0.3 is 0 Å². The van der Waals surface area contributed by atoms with E-state index in [-0.39, 0.29) is 11.8 Å². The van der Waals surface area contributed by atoms with Crippen molar-refractivity contribution in [3.63, 3.8) is 0 Å². The normalized spacial score (nSPS) is 27.8. The summed E-state index contributed by atoms with van der Waals surface area (Å²) in [6.07, 6.45) is 2.08. The summed E-state index contributed by atoms with van der Waals surface area (Å²) in [4.78, 5) is 12.0. The van der Waals surface area contributed by atoms with E-state index in [0.717, 1.165) is 25.9 Å². The Morgan fingerprint density at radius 3 is 2.62 bits per heavy atom. The lowest BCUT2D eigenvalue weighted by molar-refractivity contribution is -0.126. The van der Waals surface area contributed by atoms with E-state index in [2.05, 4.69) is 38.3 Å². The van der Waals surface area contributed by atoms with Crippen molar-refractivity contribution in [3.8, 4) is 0 Å². The van der Waals surface area contributed by atoms with E-state index >= 15 is 0 Å². The van der Waals surface area contributed by atoms with E-state index in [1.54, 1.807) is 0 Å². The van der Waals surface area contributed by atoms with Gasteiger partial charge in [0.1, 0.15) is 0 Å². The van der Waals surface area contributed by atoms with Crippen molar-refractivity contribution < 1.29 is 4.79 Å². The lowest BCUT2D eigenvalue weighted by atomic mass is 9.91. The zero-order chi connectivity index (χ0) is 12.1. The van der Waals surface area contributed by atoms with Crippen molar-refractivity contribution in [3.05, 3.63) is 0 Å². The summed E-state index contributed by atoms with van der Waals surface area (Å²) in [7, 11) is 0. The third-order valence-corrected chi connectivity index (χ3v) is 3.15. The molecule has 1 amide bonds. The molecule has 3 nitrogen and oxygen atoms in total. The van der Waals surface area contributed by atoms with E-state index in [1.807, 2.05) is 0 Å². The molecule has 0 spiro atoms. The average Bonchev–Trinajstić information content (AvgIpc) is 2.16. The first-order valence-electron chi connectivity index (χ1n) is 6.50. The van der Waals surface area contributed by atoms with E-state index in [0.29, 0.717) is 17.9 Å². The molecule has 16 heavy (non-hydrogen) atoms. The smallest absolute Gasteiger partial charge is 0.224 e. The minimum Gasteiger partial charge on any atom is -0.353 e. The number of amides is 1. The summed E-state index contributed by atoms with van der Waals surface area (Å²) in [6.45, 7) is 10.6. The Bertz CT molecular complexity index is 228. The fourth-order valence-corrected chi connectivity index (χ4v) is 2.48. The SMILES string of the molecule is CC(C)CC(C)NC(=O)C1CNCC(C)C1. The Kier molecular flexibility index (Phi) is 5.26. The molecular weight excluding hydrogens is 200 g/mol. The summed E-state index contributed by atoms with van der Waals surface area (Å²) < 4.78 is 0. The predicted molar refractivity (Wildman–Crippen MR) is 67.2 cm³/mol. The van der Waals surface area contributed by atoms with Gasteiger partial charge in [-0.2, -0.15) is 0 Å². The van der Waals surface area contributed by atoms with E-state index in [4.69, 9.17) is 0 Å². The first-order valence-corrected chi connectivity index (χ1v) is 6.50. The Balaban J connectivity index is 2.33. The molecule has 2 N–H and O–H groups in total. The molecule has 3 heteroatoms. The zero-order valence-electron chi connectivity index (χ0n) is 11.0. The van der Waals surface area contributed by atoms with Gasteiger partial charge in [0, 0.05) is 12.6 Å². The van der Waals surface area contributed by atoms with E-state index in [9.17, 15) is 4.79 Å². The van der Waals surface area contributed by atoms with Gasteiger partial charge in [-0.25, -0.2) is 0 Å². The lowest BCUT2D eigenvalue weighted by Gasteiger charge is -2.28. The molecule has 1 fully saturated rings. The highest BCUT2D eigenvalue weighted by Crippen LogP contribution is 2.16. The van der Waals surface area contributed by atoms with Crippen LogP contribution in [0.2, 0.25) is 0 Å². The van der Waals surface area contributed by atoms with Crippen LogP contribution in [0.1, 0.15) is 40.5 Å². The van der Waals surface area contributed by atoms with Gasteiger partial charge in [0.05, 0.1) is 5.92 Å². The van der Waals surface area contributed by atoms with Crippen LogP contribution in [-0.4, -0.2) is 25.0 Å². The molecule has 0 aromatic heterocycles. The van der Waals surface area contributed by atoms with Crippen LogP contribution in [0.4, 0.5) is 0 Å². The molecule has 0 aliphatic carbocycles. The number of nitrogens with one attached hydrogen (secondary N) is 2. The topological polar surface area (TPSA) is 41.1 Å².